The van der Waals surface area contributed by atoms with Crippen molar-refractivity contribution >= 4 is 23.2 Å². The van der Waals surface area contributed by atoms with Crippen LogP contribution in [0.15, 0.2) is 17.8 Å². The van der Waals surface area contributed by atoms with Gasteiger partial charge in [-0.1, -0.05) is 0 Å². The van der Waals surface area contributed by atoms with Crippen LogP contribution in [-0.2, 0) is 11.3 Å². The lowest BCUT2D eigenvalue weighted by molar-refractivity contribution is -0.128. The van der Waals surface area contributed by atoms with E-state index in [1.807, 2.05) is 31.1 Å². The maximum absolute atomic E-state index is 12.5. The number of carbonyl (C=O) groups is 1. The summed E-state index contributed by atoms with van der Waals surface area (Å²) in [6.07, 6.45) is 5.34. The van der Waals surface area contributed by atoms with Crippen LogP contribution in [0.3, 0.4) is 0 Å². The van der Waals surface area contributed by atoms with E-state index >= 15 is 0 Å². The predicted octanol–water partition coefficient (Wildman–Crippen LogP) is 2.18. The monoisotopic (exact) mass is 343 g/mol. The second-order valence-corrected chi connectivity index (χ2v) is 8.08. The van der Waals surface area contributed by atoms with Crippen LogP contribution in [0.4, 0.5) is 5.95 Å². The van der Waals surface area contributed by atoms with Crippen LogP contribution in [0.1, 0.15) is 29.1 Å². The van der Waals surface area contributed by atoms with Crippen molar-refractivity contribution < 1.29 is 4.79 Å². The molecule has 0 aromatic carbocycles. The smallest absolute Gasteiger partial charge is 0.225 e. The van der Waals surface area contributed by atoms with E-state index < -0.39 is 0 Å². The molecule has 2 saturated heterocycles. The molecule has 0 saturated carbocycles. The lowest BCUT2D eigenvalue weighted by Crippen LogP contribution is -2.31. The zero-order valence-corrected chi connectivity index (χ0v) is 14.8. The number of aromatic nitrogens is 3. The van der Waals surface area contributed by atoms with Crippen molar-refractivity contribution in [1.29, 1.82) is 0 Å². The van der Waals surface area contributed by atoms with Gasteiger partial charge in [-0.05, 0) is 25.8 Å². The van der Waals surface area contributed by atoms with E-state index in [0.29, 0.717) is 13.0 Å². The van der Waals surface area contributed by atoms with E-state index in [2.05, 4.69) is 25.2 Å². The largest absolute Gasteiger partial charge is 0.340 e. The number of thiazole rings is 1. The minimum Gasteiger partial charge on any atom is -0.340 e. The van der Waals surface area contributed by atoms with Crippen LogP contribution in [-0.4, -0.2) is 45.4 Å². The highest BCUT2D eigenvalue weighted by Gasteiger charge is 2.47. The van der Waals surface area contributed by atoms with Crippen molar-refractivity contribution in [1.82, 2.24) is 19.9 Å². The summed E-state index contributed by atoms with van der Waals surface area (Å²) in [5.41, 5.74) is 2.10. The standard InChI is InChI=1S/C17H21N5OS/c1-12-6-18-16(19-7-12)21-4-3-17(10-21)5-15(23)22(11-17)8-14-9-24-13(2)20-14/h6-7,9H,3-5,8,10-11H2,1-2H3. The number of hydrogen-bond acceptors (Lipinski definition) is 6. The molecular weight excluding hydrogens is 322 g/mol. The lowest BCUT2D eigenvalue weighted by atomic mass is 9.86. The average Bonchev–Trinajstić information content (AvgIpc) is 3.22. The summed E-state index contributed by atoms with van der Waals surface area (Å²) in [6, 6.07) is 0. The lowest BCUT2D eigenvalue weighted by Gasteiger charge is -2.24. The second-order valence-electron chi connectivity index (χ2n) is 7.02. The molecule has 24 heavy (non-hydrogen) atoms. The van der Waals surface area contributed by atoms with Gasteiger partial charge in [-0.3, -0.25) is 4.79 Å². The van der Waals surface area contributed by atoms with Crippen molar-refractivity contribution in [3.05, 3.63) is 34.0 Å². The van der Waals surface area contributed by atoms with E-state index in [0.717, 1.165) is 48.3 Å². The highest BCUT2D eigenvalue weighted by Crippen LogP contribution is 2.41. The average molecular weight is 343 g/mol. The zero-order chi connectivity index (χ0) is 16.7. The third-order valence-corrected chi connectivity index (χ3v) is 5.74. The Balaban J connectivity index is 1.45. The molecule has 4 rings (SSSR count). The van der Waals surface area contributed by atoms with Gasteiger partial charge in [0, 0.05) is 49.2 Å². The van der Waals surface area contributed by atoms with Crippen molar-refractivity contribution in [3.63, 3.8) is 0 Å². The molecule has 1 atom stereocenters. The van der Waals surface area contributed by atoms with Crippen molar-refractivity contribution in [2.24, 2.45) is 5.41 Å². The first-order valence-electron chi connectivity index (χ1n) is 8.25. The SMILES string of the molecule is Cc1cnc(N2CCC3(CC(=O)N(Cc4csc(C)n4)C3)C2)nc1. The first-order chi connectivity index (χ1) is 11.5. The number of nitrogens with zero attached hydrogens (tertiary/aromatic N) is 5. The van der Waals surface area contributed by atoms with Gasteiger partial charge in [-0.15, -0.1) is 11.3 Å². The molecule has 1 unspecified atom stereocenters. The first-order valence-corrected chi connectivity index (χ1v) is 9.13. The normalized spacial score (nSPS) is 23.7. The Labute approximate surface area is 145 Å². The summed E-state index contributed by atoms with van der Waals surface area (Å²) >= 11 is 1.64. The van der Waals surface area contributed by atoms with Crippen LogP contribution in [0.2, 0.25) is 0 Å². The Morgan fingerprint density at radius 3 is 2.75 bits per heavy atom. The van der Waals surface area contributed by atoms with Gasteiger partial charge in [0.2, 0.25) is 11.9 Å². The van der Waals surface area contributed by atoms with E-state index in [1.54, 1.807) is 11.3 Å². The van der Waals surface area contributed by atoms with Gasteiger partial charge in [-0.25, -0.2) is 15.0 Å². The highest BCUT2D eigenvalue weighted by atomic mass is 32.1. The molecule has 0 N–H and O–H groups in total. The third-order valence-electron chi connectivity index (χ3n) is 4.91. The molecule has 6 nitrogen and oxygen atoms in total. The van der Waals surface area contributed by atoms with Crippen LogP contribution in [0.5, 0.6) is 0 Å². The van der Waals surface area contributed by atoms with Crippen LogP contribution < -0.4 is 4.90 Å². The number of hydrogen-bond donors (Lipinski definition) is 0. The summed E-state index contributed by atoms with van der Waals surface area (Å²) in [4.78, 5) is 30.0. The van der Waals surface area contributed by atoms with Gasteiger partial charge in [0.1, 0.15) is 0 Å². The Hall–Kier alpha value is -2.02. The first kappa shape index (κ1) is 15.5. The topological polar surface area (TPSA) is 62.2 Å². The minimum absolute atomic E-state index is 0.0381. The molecule has 2 fully saturated rings. The van der Waals surface area contributed by atoms with E-state index in [4.69, 9.17) is 0 Å². The molecule has 126 valence electrons. The van der Waals surface area contributed by atoms with Gasteiger partial charge in [0.05, 0.1) is 17.2 Å². The quantitative estimate of drug-likeness (QED) is 0.855. The van der Waals surface area contributed by atoms with Gasteiger partial charge in [0.25, 0.3) is 0 Å². The summed E-state index contributed by atoms with van der Waals surface area (Å²) in [5.74, 6) is 1.02. The minimum atomic E-state index is 0.0381. The number of carbonyl (C=O) groups excluding carboxylic acids is 1. The maximum Gasteiger partial charge on any atom is 0.225 e. The zero-order valence-electron chi connectivity index (χ0n) is 14.0. The Morgan fingerprint density at radius 1 is 1.25 bits per heavy atom. The van der Waals surface area contributed by atoms with Gasteiger partial charge in [0.15, 0.2) is 0 Å². The number of amides is 1. The molecule has 0 aliphatic carbocycles. The van der Waals surface area contributed by atoms with Crippen LogP contribution in [0.25, 0.3) is 0 Å². The molecule has 1 spiro atoms. The van der Waals surface area contributed by atoms with Crippen LogP contribution >= 0.6 is 11.3 Å². The number of likely N-dealkylation sites (tertiary alicyclic amines) is 1. The fourth-order valence-electron chi connectivity index (χ4n) is 3.73. The van der Waals surface area contributed by atoms with Gasteiger partial charge in [-0.2, -0.15) is 0 Å². The molecule has 4 heterocycles. The third kappa shape index (κ3) is 2.88. The van der Waals surface area contributed by atoms with Crippen molar-refractivity contribution in [2.45, 2.75) is 33.2 Å². The number of anilines is 1. The molecule has 2 aromatic heterocycles. The van der Waals surface area contributed by atoms with Crippen molar-refractivity contribution in [2.75, 3.05) is 24.5 Å². The van der Waals surface area contributed by atoms with Gasteiger partial charge < -0.3 is 9.80 Å². The van der Waals surface area contributed by atoms with E-state index in [9.17, 15) is 4.79 Å². The van der Waals surface area contributed by atoms with Crippen LogP contribution in [0, 0.1) is 19.3 Å². The molecule has 0 bridgehead atoms. The highest BCUT2D eigenvalue weighted by molar-refractivity contribution is 7.09. The summed E-state index contributed by atoms with van der Waals surface area (Å²) in [7, 11) is 0. The number of aryl methyl sites for hydroxylation is 2. The van der Waals surface area contributed by atoms with E-state index in [1.165, 1.54) is 0 Å². The molecule has 1 amide bonds. The predicted molar refractivity (Wildman–Crippen MR) is 92.9 cm³/mol. The summed E-state index contributed by atoms with van der Waals surface area (Å²) in [6.45, 7) is 7.20. The fourth-order valence-corrected chi connectivity index (χ4v) is 4.33. The molecule has 0 radical (unpaired) electrons. The molecule has 7 heteroatoms. The Bertz CT molecular complexity index is 759. The van der Waals surface area contributed by atoms with Gasteiger partial charge >= 0.3 is 0 Å². The second kappa shape index (κ2) is 5.81. The fraction of sp³-hybridized carbons (Fsp3) is 0.529. The summed E-state index contributed by atoms with van der Waals surface area (Å²) < 4.78 is 0. The molecule has 2 aliphatic rings. The molecular formula is C17H21N5OS. The molecule has 2 aromatic rings. The van der Waals surface area contributed by atoms with E-state index in [-0.39, 0.29) is 11.3 Å². The van der Waals surface area contributed by atoms with Crippen molar-refractivity contribution in [3.8, 4) is 0 Å². The Kier molecular flexibility index (Phi) is 3.75. The Morgan fingerprint density at radius 2 is 2.04 bits per heavy atom. The number of rotatable bonds is 3. The molecule has 2 aliphatic heterocycles. The summed E-state index contributed by atoms with van der Waals surface area (Å²) in [5, 5.41) is 3.10. The maximum atomic E-state index is 12.5.